The molecule has 1 saturated heterocycles. The van der Waals surface area contributed by atoms with Crippen LogP contribution in [0.5, 0.6) is 0 Å². The number of hydrogen-bond acceptors (Lipinski definition) is 6. The minimum atomic E-state index is 0.617. The second kappa shape index (κ2) is 6.31. The number of fused-ring (bicyclic) bond motifs is 2. The Labute approximate surface area is 156 Å². The number of rotatable bonds is 3. The van der Waals surface area contributed by atoms with Crippen LogP contribution in [0.15, 0.2) is 24.3 Å². The summed E-state index contributed by atoms with van der Waals surface area (Å²) in [5.74, 6) is 2.39. The lowest BCUT2D eigenvalue weighted by Crippen LogP contribution is -2.37. The maximum Gasteiger partial charge on any atom is 0.239 e. The largest absolute Gasteiger partial charge is 0.378 e. The molecule has 0 unspecified atom stereocenters. The first-order chi connectivity index (χ1) is 13.3. The van der Waals surface area contributed by atoms with Crippen LogP contribution in [0.4, 0.5) is 5.82 Å². The standard InChI is InChI=1S/C19H20N7O/c1-3-15-21-13-6-4-5-7-14(13)26(15)19-22-17-16(20-12-24(17)2)18(23-19)25-8-10-27-11-9-25/h4-7H,3,8-11H2,1-2H3. The normalized spacial score (nSPS) is 15.1. The lowest BCUT2D eigenvalue weighted by atomic mass is 10.3. The predicted molar refractivity (Wildman–Crippen MR) is 102 cm³/mol. The van der Waals surface area contributed by atoms with Crippen molar-refractivity contribution in [3.8, 4) is 5.95 Å². The van der Waals surface area contributed by atoms with E-state index in [1.54, 1.807) is 0 Å². The van der Waals surface area contributed by atoms with E-state index in [4.69, 9.17) is 19.7 Å². The molecule has 8 heteroatoms. The molecule has 0 bridgehead atoms. The number of nitrogens with zero attached hydrogens (tertiary/aromatic N) is 7. The van der Waals surface area contributed by atoms with Gasteiger partial charge in [0.2, 0.25) is 5.95 Å². The van der Waals surface area contributed by atoms with Crippen molar-refractivity contribution >= 4 is 28.0 Å². The van der Waals surface area contributed by atoms with E-state index in [0.717, 1.165) is 53.3 Å². The molecule has 137 valence electrons. The molecule has 8 nitrogen and oxygen atoms in total. The monoisotopic (exact) mass is 362 g/mol. The van der Waals surface area contributed by atoms with Crippen LogP contribution in [0.1, 0.15) is 12.7 Å². The second-order valence-electron chi connectivity index (χ2n) is 6.60. The second-order valence-corrected chi connectivity index (χ2v) is 6.60. The van der Waals surface area contributed by atoms with Gasteiger partial charge in [0.05, 0.1) is 24.2 Å². The Bertz CT molecular complexity index is 1120. The number of anilines is 1. The fourth-order valence-corrected chi connectivity index (χ4v) is 3.56. The van der Waals surface area contributed by atoms with Gasteiger partial charge in [-0.3, -0.25) is 4.57 Å². The highest BCUT2D eigenvalue weighted by molar-refractivity contribution is 5.85. The average Bonchev–Trinajstić information content (AvgIpc) is 3.28. The van der Waals surface area contributed by atoms with Crippen molar-refractivity contribution in [2.75, 3.05) is 31.2 Å². The van der Waals surface area contributed by atoms with Crippen LogP contribution in [0.3, 0.4) is 0 Å². The summed E-state index contributed by atoms with van der Waals surface area (Å²) in [6, 6.07) is 8.08. The van der Waals surface area contributed by atoms with Crippen LogP contribution in [0, 0.1) is 6.33 Å². The van der Waals surface area contributed by atoms with Gasteiger partial charge < -0.3 is 14.2 Å². The first-order valence-corrected chi connectivity index (χ1v) is 9.18. The number of ether oxygens (including phenoxy) is 1. The molecule has 1 aliphatic heterocycles. The summed E-state index contributed by atoms with van der Waals surface area (Å²) in [5, 5.41) is 0. The molecular weight excluding hydrogens is 342 g/mol. The van der Waals surface area contributed by atoms with E-state index in [9.17, 15) is 0 Å². The maximum atomic E-state index is 5.50. The van der Waals surface area contributed by atoms with Gasteiger partial charge in [-0.25, -0.2) is 9.97 Å². The number of morpholine rings is 1. The Kier molecular flexibility index (Phi) is 3.78. The lowest BCUT2D eigenvalue weighted by molar-refractivity contribution is 0.122. The van der Waals surface area contributed by atoms with E-state index >= 15 is 0 Å². The van der Waals surface area contributed by atoms with Gasteiger partial charge in [-0.15, -0.1) is 0 Å². The molecule has 0 saturated carbocycles. The van der Waals surface area contributed by atoms with Gasteiger partial charge in [0.15, 0.2) is 23.3 Å². The maximum absolute atomic E-state index is 5.50. The number of hydrogen-bond donors (Lipinski definition) is 0. The van der Waals surface area contributed by atoms with Crippen LogP contribution >= 0.6 is 0 Å². The smallest absolute Gasteiger partial charge is 0.239 e. The SMILES string of the molecule is CCc1nc2ccccc2n1-c1nc(N2CCOCC2)c2n[c]n(C)c2n1. The van der Waals surface area contributed by atoms with E-state index in [1.807, 2.05) is 34.4 Å². The van der Waals surface area contributed by atoms with Crippen LogP contribution in [0.25, 0.3) is 28.1 Å². The van der Waals surface area contributed by atoms with Crippen LogP contribution in [0.2, 0.25) is 0 Å². The van der Waals surface area contributed by atoms with Crippen LogP contribution in [-0.4, -0.2) is 55.4 Å². The molecule has 1 fully saturated rings. The quantitative estimate of drug-likeness (QED) is 0.554. The summed E-state index contributed by atoms with van der Waals surface area (Å²) >= 11 is 0. The summed E-state index contributed by atoms with van der Waals surface area (Å²) in [6.45, 7) is 5.04. The Hall–Kier alpha value is -3.00. The van der Waals surface area contributed by atoms with Gasteiger partial charge in [0.1, 0.15) is 5.82 Å². The Balaban J connectivity index is 1.78. The number of imidazole rings is 2. The lowest BCUT2D eigenvalue weighted by Gasteiger charge is -2.28. The molecule has 0 N–H and O–H groups in total. The van der Waals surface area contributed by atoms with Crippen LogP contribution < -0.4 is 4.90 Å². The minimum Gasteiger partial charge on any atom is -0.378 e. The van der Waals surface area contributed by atoms with Gasteiger partial charge >= 0.3 is 0 Å². The topological polar surface area (TPSA) is 73.9 Å². The summed E-state index contributed by atoms with van der Waals surface area (Å²) in [4.78, 5) is 21.1. The van der Waals surface area contributed by atoms with Crippen molar-refractivity contribution in [3.05, 3.63) is 36.4 Å². The molecular formula is C19H20N7O. The summed E-state index contributed by atoms with van der Waals surface area (Å²) < 4.78 is 9.36. The summed E-state index contributed by atoms with van der Waals surface area (Å²) in [5.41, 5.74) is 3.49. The summed E-state index contributed by atoms with van der Waals surface area (Å²) in [7, 11) is 1.90. The van der Waals surface area contributed by atoms with Crippen molar-refractivity contribution in [2.24, 2.45) is 7.05 Å². The number of benzene rings is 1. The molecule has 0 aliphatic carbocycles. The zero-order valence-electron chi connectivity index (χ0n) is 15.4. The molecule has 1 aliphatic rings. The highest BCUT2D eigenvalue weighted by atomic mass is 16.5. The average molecular weight is 362 g/mol. The molecule has 5 rings (SSSR count). The summed E-state index contributed by atoms with van der Waals surface area (Å²) in [6.07, 6.45) is 3.77. The van der Waals surface area contributed by atoms with E-state index in [2.05, 4.69) is 29.2 Å². The van der Waals surface area contributed by atoms with E-state index < -0.39 is 0 Å². The Morgan fingerprint density at radius 3 is 2.74 bits per heavy atom. The molecule has 0 spiro atoms. The van der Waals surface area contributed by atoms with Crippen molar-refractivity contribution < 1.29 is 4.74 Å². The van der Waals surface area contributed by atoms with Crippen molar-refractivity contribution in [2.45, 2.75) is 13.3 Å². The van der Waals surface area contributed by atoms with Gasteiger partial charge in [-0.05, 0) is 12.1 Å². The third kappa shape index (κ3) is 2.56. The predicted octanol–water partition coefficient (Wildman–Crippen LogP) is 1.90. The minimum absolute atomic E-state index is 0.617. The van der Waals surface area contributed by atoms with Gasteiger partial charge in [-0.2, -0.15) is 9.97 Å². The molecule has 27 heavy (non-hydrogen) atoms. The highest BCUT2D eigenvalue weighted by Gasteiger charge is 2.22. The Morgan fingerprint density at radius 2 is 1.93 bits per heavy atom. The van der Waals surface area contributed by atoms with Crippen LogP contribution in [-0.2, 0) is 18.2 Å². The van der Waals surface area contributed by atoms with Gasteiger partial charge in [-0.1, -0.05) is 19.1 Å². The first kappa shape index (κ1) is 16.2. The molecule has 1 radical (unpaired) electrons. The molecule has 1 aromatic carbocycles. The number of aryl methyl sites for hydroxylation is 2. The van der Waals surface area contributed by atoms with E-state index in [-0.39, 0.29) is 0 Å². The van der Waals surface area contributed by atoms with E-state index in [1.165, 1.54) is 0 Å². The van der Waals surface area contributed by atoms with Crippen molar-refractivity contribution in [3.63, 3.8) is 0 Å². The first-order valence-electron chi connectivity index (χ1n) is 9.18. The third-order valence-corrected chi connectivity index (χ3v) is 4.92. The number of aromatic nitrogens is 6. The highest BCUT2D eigenvalue weighted by Crippen LogP contribution is 2.27. The zero-order valence-corrected chi connectivity index (χ0v) is 15.4. The fourth-order valence-electron chi connectivity index (χ4n) is 3.56. The fraction of sp³-hybridized carbons (Fsp3) is 0.368. The third-order valence-electron chi connectivity index (χ3n) is 4.92. The van der Waals surface area contributed by atoms with Crippen molar-refractivity contribution in [1.29, 1.82) is 0 Å². The molecule has 3 aromatic heterocycles. The number of para-hydroxylation sites is 2. The molecule has 4 aromatic rings. The molecule has 0 amide bonds. The van der Waals surface area contributed by atoms with Crippen molar-refractivity contribution in [1.82, 2.24) is 29.1 Å². The Morgan fingerprint density at radius 1 is 1.11 bits per heavy atom. The zero-order chi connectivity index (χ0) is 18.4. The van der Waals surface area contributed by atoms with Gasteiger partial charge in [0.25, 0.3) is 0 Å². The van der Waals surface area contributed by atoms with Gasteiger partial charge in [0, 0.05) is 26.6 Å². The molecule has 0 atom stereocenters. The molecule has 4 heterocycles. The van der Waals surface area contributed by atoms with E-state index in [0.29, 0.717) is 19.2 Å².